The number of esters is 1. The van der Waals surface area contributed by atoms with Crippen LogP contribution in [0.2, 0.25) is 0 Å². The molecule has 0 aromatic rings. The van der Waals surface area contributed by atoms with Gasteiger partial charge in [0.25, 0.3) is 0 Å². The fourth-order valence-electron chi connectivity index (χ4n) is 3.63. The fraction of sp³-hybridized carbons (Fsp3) is 0.895. The summed E-state index contributed by atoms with van der Waals surface area (Å²) in [4.78, 5) is 26.0. The minimum atomic E-state index is -0.494. The van der Waals surface area contributed by atoms with Crippen molar-refractivity contribution in [3.63, 3.8) is 0 Å². The zero-order chi connectivity index (χ0) is 19.3. The molecule has 0 unspecified atom stereocenters. The van der Waals surface area contributed by atoms with Crippen molar-refractivity contribution in [1.29, 1.82) is 0 Å². The molecule has 0 bridgehead atoms. The van der Waals surface area contributed by atoms with Crippen LogP contribution < -0.4 is 0 Å². The third-order valence-electron chi connectivity index (χ3n) is 5.07. The number of rotatable bonds is 5. The number of nitrogens with zero attached hydrogens (tertiary/aromatic N) is 1. The van der Waals surface area contributed by atoms with Crippen LogP contribution in [-0.2, 0) is 19.0 Å². The van der Waals surface area contributed by atoms with Crippen molar-refractivity contribution in [3.8, 4) is 0 Å². The summed E-state index contributed by atoms with van der Waals surface area (Å²) in [5.74, 6) is -0.108. The molecule has 1 aliphatic heterocycles. The maximum atomic E-state index is 12.5. The number of thioether (sulfide) groups is 1. The lowest BCUT2D eigenvalue weighted by atomic mass is 9.87. The van der Waals surface area contributed by atoms with Crippen molar-refractivity contribution in [2.45, 2.75) is 75.9 Å². The van der Waals surface area contributed by atoms with Gasteiger partial charge in [0.15, 0.2) is 0 Å². The predicted molar refractivity (Wildman–Crippen MR) is 102 cm³/mol. The summed E-state index contributed by atoms with van der Waals surface area (Å²) in [5, 5.41) is 0.422. The van der Waals surface area contributed by atoms with E-state index in [0.29, 0.717) is 18.4 Å². The van der Waals surface area contributed by atoms with E-state index in [1.165, 1.54) is 7.11 Å². The van der Waals surface area contributed by atoms with Crippen molar-refractivity contribution >= 4 is 23.8 Å². The van der Waals surface area contributed by atoms with Gasteiger partial charge in [0.2, 0.25) is 0 Å². The van der Waals surface area contributed by atoms with E-state index in [2.05, 4.69) is 6.26 Å². The molecule has 1 aliphatic carbocycles. The Balaban J connectivity index is 1.84. The molecular weight excluding hydrogens is 354 g/mol. The molecule has 2 aliphatic rings. The Hall–Kier alpha value is -0.950. The van der Waals surface area contributed by atoms with E-state index >= 15 is 0 Å². The zero-order valence-electron chi connectivity index (χ0n) is 16.7. The summed E-state index contributed by atoms with van der Waals surface area (Å²) < 4.78 is 16.5. The largest absolute Gasteiger partial charge is 0.469 e. The van der Waals surface area contributed by atoms with Gasteiger partial charge in [-0.15, -0.1) is 0 Å². The Labute approximate surface area is 161 Å². The van der Waals surface area contributed by atoms with Crippen LogP contribution in [0, 0.1) is 5.92 Å². The Kier molecular flexibility index (Phi) is 7.64. The lowest BCUT2D eigenvalue weighted by molar-refractivity contribution is -0.147. The van der Waals surface area contributed by atoms with Gasteiger partial charge in [0.1, 0.15) is 5.60 Å². The summed E-state index contributed by atoms with van der Waals surface area (Å²) >= 11 is 1.79. The predicted octanol–water partition coefficient (Wildman–Crippen LogP) is 3.48. The molecule has 2 fully saturated rings. The summed E-state index contributed by atoms with van der Waals surface area (Å²) in [6.45, 7) is 6.90. The van der Waals surface area contributed by atoms with Crippen molar-refractivity contribution in [2.75, 3.05) is 26.5 Å². The molecule has 0 aromatic carbocycles. The molecule has 0 radical (unpaired) electrons. The maximum absolute atomic E-state index is 12.5. The molecule has 0 spiro atoms. The highest BCUT2D eigenvalue weighted by molar-refractivity contribution is 7.99. The average molecular weight is 388 g/mol. The number of methoxy groups -OCH3 is 1. The van der Waals surface area contributed by atoms with E-state index in [-0.39, 0.29) is 30.1 Å². The highest BCUT2D eigenvalue weighted by Crippen LogP contribution is 2.31. The van der Waals surface area contributed by atoms with Crippen LogP contribution in [-0.4, -0.2) is 66.5 Å². The highest BCUT2D eigenvalue weighted by atomic mass is 32.2. The fourth-order valence-corrected chi connectivity index (χ4v) is 4.35. The first kappa shape index (κ1) is 21.4. The number of ether oxygens (including phenoxy) is 3. The first-order chi connectivity index (χ1) is 12.2. The van der Waals surface area contributed by atoms with Crippen molar-refractivity contribution in [1.82, 2.24) is 4.90 Å². The van der Waals surface area contributed by atoms with E-state index in [9.17, 15) is 9.59 Å². The number of carbonyl (C=O) groups excluding carboxylic acids is 2. The normalized spacial score (nSPS) is 29.5. The number of hydrogen-bond acceptors (Lipinski definition) is 6. The van der Waals surface area contributed by atoms with Crippen LogP contribution >= 0.6 is 11.8 Å². The zero-order valence-corrected chi connectivity index (χ0v) is 17.5. The number of carbonyl (C=O) groups is 2. The van der Waals surface area contributed by atoms with Gasteiger partial charge in [-0.3, -0.25) is 4.79 Å². The van der Waals surface area contributed by atoms with Crippen molar-refractivity contribution < 1.29 is 23.8 Å². The molecule has 1 amide bonds. The third kappa shape index (κ3) is 6.05. The van der Waals surface area contributed by atoms with E-state index in [4.69, 9.17) is 14.2 Å². The van der Waals surface area contributed by atoms with Gasteiger partial charge in [0.05, 0.1) is 31.8 Å². The van der Waals surface area contributed by atoms with Gasteiger partial charge >= 0.3 is 12.1 Å². The minimum absolute atomic E-state index is 0.00506. The molecule has 2 rings (SSSR count). The Morgan fingerprint density at radius 1 is 1.15 bits per heavy atom. The Morgan fingerprint density at radius 3 is 2.35 bits per heavy atom. The first-order valence-electron chi connectivity index (χ1n) is 9.45. The van der Waals surface area contributed by atoms with Gasteiger partial charge in [0, 0.05) is 11.8 Å². The number of hydrogen-bond donors (Lipinski definition) is 0. The number of likely N-dealkylation sites (tertiary alicyclic amines) is 1. The average Bonchev–Trinajstić information content (AvgIpc) is 3.02. The second kappa shape index (κ2) is 9.31. The maximum Gasteiger partial charge on any atom is 0.410 e. The lowest BCUT2D eigenvalue weighted by Crippen LogP contribution is -2.42. The SMILES string of the molecule is COC(=O)C1CCC(OC[C@@H]2C[C@H](SC)CN2C(=O)OC(C)(C)C)CC1. The molecule has 1 saturated heterocycles. The van der Waals surface area contributed by atoms with Crippen LogP contribution in [0.3, 0.4) is 0 Å². The van der Waals surface area contributed by atoms with Gasteiger partial charge in [-0.05, 0) is 59.1 Å². The van der Waals surface area contributed by atoms with E-state index in [1.54, 1.807) is 11.8 Å². The molecule has 1 heterocycles. The van der Waals surface area contributed by atoms with Crippen LogP contribution in [0.1, 0.15) is 52.9 Å². The highest BCUT2D eigenvalue weighted by Gasteiger charge is 2.38. The topological polar surface area (TPSA) is 65.1 Å². The molecule has 0 N–H and O–H groups in total. The summed E-state index contributed by atoms with van der Waals surface area (Å²) in [7, 11) is 1.44. The molecule has 6 nitrogen and oxygen atoms in total. The van der Waals surface area contributed by atoms with Crippen LogP contribution in [0.4, 0.5) is 4.79 Å². The molecule has 26 heavy (non-hydrogen) atoms. The van der Waals surface area contributed by atoms with E-state index in [0.717, 1.165) is 32.1 Å². The second-order valence-corrected chi connectivity index (χ2v) is 9.35. The number of amides is 1. The van der Waals surface area contributed by atoms with Gasteiger partial charge < -0.3 is 19.1 Å². The quantitative estimate of drug-likeness (QED) is 0.673. The molecular formula is C19H33NO5S. The molecule has 1 saturated carbocycles. The van der Waals surface area contributed by atoms with Gasteiger partial charge in [-0.2, -0.15) is 11.8 Å². The Morgan fingerprint density at radius 2 is 1.81 bits per heavy atom. The first-order valence-corrected chi connectivity index (χ1v) is 10.7. The van der Waals surface area contributed by atoms with Gasteiger partial charge in [-0.1, -0.05) is 0 Å². The second-order valence-electron chi connectivity index (χ2n) is 8.21. The standard InChI is InChI=1S/C19H33NO5S/c1-19(2,3)25-18(22)20-11-16(26-5)10-14(20)12-24-15-8-6-13(7-9-15)17(21)23-4/h13-16H,6-12H2,1-5H3/t13?,14-,15?,16-/m0/s1. The molecule has 2 atom stereocenters. The molecule has 150 valence electrons. The molecule has 7 heteroatoms. The van der Waals surface area contributed by atoms with Gasteiger partial charge in [-0.25, -0.2) is 4.79 Å². The summed E-state index contributed by atoms with van der Waals surface area (Å²) in [6, 6.07) is 0.0561. The van der Waals surface area contributed by atoms with Crippen LogP contribution in [0.5, 0.6) is 0 Å². The summed E-state index contributed by atoms with van der Waals surface area (Å²) in [6.07, 6.45) is 6.26. The lowest BCUT2D eigenvalue weighted by Gasteiger charge is -2.31. The molecule has 0 aromatic heterocycles. The van der Waals surface area contributed by atoms with Crippen LogP contribution in [0.25, 0.3) is 0 Å². The van der Waals surface area contributed by atoms with Crippen molar-refractivity contribution in [2.24, 2.45) is 5.92 Å². The third-order valence-corrected chi connectivity index (χ3v) is 6.08. The van der Waals surface area contributed by atoms with E-state index in [1.807, 2.05) is 25.7 Å². The van der Waals surface area contributed by atoms with Crippen molar-refractivity contribution in [3.05, 3.63) is 0 Å². The van der Waals surface area contributed by atoms with E-state index < -0.39 is 5.60 Å². The smallest absolute Gasteiger partial charge is 0.410 e. The minimum Gasteiger partial charge on any atom is -0.469 e. The van der Waals surface area contributed by atoms with Crippen LogP contribution in [0.15, 0.2) is 0 Å². The summed E-state index contributed by atoms with van der Waals surface area (Å²) in [5.41, 5.74) is -0.494. The monoisotopic (exact) mass is 387 g/mol. The Bertz CT molecular complexity index is 485.